The number of aromatic nitrogens is 2. The summed E-state index contributed by atoms with van der Waals surface area (Å²) in [7, 11) is 0. The average molecular weight is 216 g/mol. The Hall–Kier alpha value is -1.65. The van der Waals surface area contributed by atoms with Crippen LogP contribution in [0.15, 0.2) is 36.8 Å². The highest BCUT2D eigenvalue weighted by molar-refractivity contribution is 5.69. The third kappa shape index (κ3) is 1.14. The molecule has 4 nitrogen and oxygen atoms in total. The Balaban J connectivity index is 2.21. The van der Waals surface area contributed by atoms with Crippen molar-refractivity contribution in [2.75, 3.05) is 6.61 Å². The Labute approximate surface area is 92.8 Å². The molecule has 2 heterocycles. The maximum atomic E-state index is 9.87. The molecule has 0 aliphatic carbocycles. The monoisotopic (exact) mass is 216 g/mol. The molecule has 0 saturated carbocycles. The highest BCUT2D eigenvalue weighted by Gasteiger charge is 2.32. The number of hydrogen-bond donors (Lipinski definition) is 2. The van der Waals surface area contributed by atoms with Crippen molar-refractivity contribution < 1.29 is 10.2 Å². The number of imidazole rings is 1. The van der Waals surface area contributed by atoms with Crippen LogP contribution in [0.2, 0.25) is 0 Å². The van der Waals surface area contributed by atoms with Crippen LogP contribution in [0, 0.1) is 0 Å². The van der Waals surface area contributed by atoms with Crippen molar-refractivity contribution in [1.82, 2.24) is 9.55 Å². The van der Waals surface area contributed by atoms with E-state index in [1.54, 1.807) is 12.5 Å². The molecule has 4 heteroatoms. The minimum atomic E-state index is -0.795. The highest BCUT2D eigenvalue weighted by Crippen LogP contribution is 2.40. The minimum absolute atomic E-state index is 0.223. The molecular weight excluding hydrogens is 204 g/mol. The number of rotatable bonds is 2. The number of benzene rings is 1. The van der Waals surface area contributed by atoms with Gasteiger partial charge in [-0.05, 0) is 5.56 Å². The highest BCUT2D eigenvalue weighted by atomic mass is 16.3. The molecule has 0 unspecified atom stereocenters. The van der Waals surface area contributed by atoms with Gasteiger partial charge in [0.2, 0.25) is 0 Å². The topological polar surface area (TPSA) is 58.3 Å². The standard InChI is InChI=1S/C12H12N2O2/c15-6-11(16)12-9-4-2-1-3-8(9)10-5-13-7-14(10)12/h1-5,7,11-12,15-16H,6H2/t11-,12+/m1/s1. The summed E-state index contributed by atoms with van der Waals surface area (Å²) in [5.41, 5.74) is 3.12. The van der Waals surface area contributed by atoms with Crippen molar-refractivity contribution in [3.63, 3.8) is 0 Å². The Morgan fingerprint density at radius 3 is 3.00 bits per heavy atom. The molecule has 3 rings (SSSR count). The van der Waals surface area contributed by atoms with Gasteiger partial charge in [0.25, 0.3) is 0 Å². The number of aliphatic hydroxyl groups is 2. The summed E-state index contributed by atoms with van der Waals surface area (Å²) < 4.78 is 1.91. The molecule has 82 valence electrons. The van der Waals surface area contributed by atoms with Gasteiger partial charge in [-0.25, -0.2) is 4.98 Å². The Morgan fingerprint density at radius 2 is 2.19 bits per heavy atom. The van der Waals surface area contributed by atoms with Gasteiger partial charge in [-0.3, -0.25) is 0 Å². The first kappa shape index (κ1) is 9.57. The van der Waals surface area contributed by atoms with Crippen molar-refractivity contribution in [2.24, 2.45) is 0 Å². The van der Waals surface area contributed by atoms with Gasteiger partial charge < -0.3 is 14.8 Å². The summed E-state index contributed by atoms with van der Waals surface area (Å²) in [6.07, 6.45) is 2.68. The number of hydrogen-bond acceptors (Lipinski definition) is 3. The van der Waals surface area contributed by atoms with E-state index in [4.69, 9.17) is 5.11 Å². The first-order valence-electron chi connectivity index (χ1n) is 5.23. The molecule has 0 radical (unpaired) electrons. The van der Waals surface area contributed by atoms with E-state index in [-0.39, 0.29) is 12.6 Å². The molecule has 1 aliphatic heterocycles. The quantitative estimate of drug-likeness (QED) is 0.781. The van der Waals surface area contributed by atoms with Gasteiger partial charge >= 0.3 is 0 Å². The van der Waals surface area contributed by atoms with E-state index in [1.165, 1.54) is 0 Å². The molecule has 0 bridgehead atoms. The van der Waals surface area contributed by atoms with Gasteiger partial charge in [-0.1, -0.05) is 24.3 Å². The predicted molar refractivity (Wildman–Crippen MR) is 58.9 cm³/mol. The van der Waals surface area contributed by atoms with Gasteiger partial charge in [0.1, 0.15) is 6.10 Å². The van der Waals surface area contributed by atoms with Crippen molar-refractivity contribution in [1.29, 1.82) is 0 Å². The molecule has 1 aliphatic rings. The molecule has 0 spiro atoms. The van der Waals surface area contributed by atoms with Crippen molar-refractivity contribution >= 4 is 0 Å². The van der Waals surface area contributed by atoms with Crippen LogP contribution in [0.4, 0.5) is 0 Å². The second kappa shape index (κ2) is 3.43. The second-order valence-electron chi connectivity index (χ2n) is 3.97. The smallest absolute Gasteiger partial charge is 0.102 e. The molecule has 2 aromatic rings. The lowest BCUT2D eigenvalue weighted by atomic mass is 10.00. The predicted octanol–water partition coefficient (Wildman–Crippen LogP) is 0.806. The van der Waals surface area contributed by atoms with Crippen molar-refractivity contribution in [3.8, 4) is 11.3 Å². The fourth-order valence-electron chi connectivity index (χ4n) is 2.37. The summed E-state index contributed by atoms with van der Waals surface area (Å²) >= 11 is 0. The van der Waals surface area contributed by atoms with Crippen LogP contribution in [0.1, 0.15) is 11.6 Å². The number of aliphatic hydroxyl groups excluding tert-OH is 2. The zero-order valence-electron chi connectivity index (χ0n) is 8.61. The molecular formula is C12H12N2O2. The van der Waals surface area contributed by atoms with E-state index in [0.29, 0.717) is 0 Å². The Morgan fingerprint density at radius 1 is 1.38 bits per heavy atom. The molecule has 0 amide bonds. The van der Waals surface area contributed by atoms with Crippen LogP contribution < -0.4 is 0 Å². The zero-order valence-corrected chi connectivity index (χ0v) is 8.61. The SMILES string of the molecule is OC[C@@H](O)[C@@H]1c2ccccc2-c2cncn21. The van der Waals surface area contributed by atoms with Gasteiger partial charge in [0, 0.05) is 5.56 Å². The van der Waals surface area contributed by atoms with Crippen LogP contribution >= 0.6 is 0 Å². The van der Waals surface area contributed by atoms with E-state index < -0.39 is 6.10 Å². The van der Waals surface area contributed by atoms with Crippen LogP contribution in [-0.4, -0.2) is 32.5 Å². The number of fused-ring (bicyclic) bond motifs is 3. The van der Waals surface area contributed by atoms with Crippen LogP contribution in [0.3, 0.4) is 0 Å². The average Bonchev–Trinajstić information content (AvgIpc) is 2.87. The van der Waals surface area contributed by atoms with Gasteiger partial charge in [0.15, 0.2) is 0 Å². The van der Waals surface area contributed by atoms with Gasteiger partial charge in [0.05, 0.1) is 30.9 Å². The molecule has 1 aromatic heterocycles. The fraction of sp³-hybridized carbons (Fsp3) is 0.250. The van der Waals surface area contributed by atoms with Crippen molar-refractivity contribution in [3.05, 3.63) is 42.4 Å². The van der Waals surface area contributed by atoms with E-state index >= 15 is 0 Å². The summed E-state index contributed by atoms with van der Waals surface area (Å²) in [5, 5.41) is 19.0. The van der Waals surface area contributed by atoms with E-state index in [0.717, 1.165) is 16.8 Å². The normalized spacial score (nSPS) is 19.2. The fourth-order valence-corrected chi connectivity index (χ4v) is 2.37. The maximum absolute atomic E-state index is 9.87. The van der Waals surface area contributed by atoms with E-state index in [2.05, 4.69) is 4.98 Å². The molecule has 2 atom stereocenters. The lowest BCUT2D eigenvalue weighted by molar-refractivity contribution is 0.0663. The summed E-state index contributed by atoms with van der Waals surface area (Å²) in [6, 6.07) is 7.66. The molecule has 0 saturated heterocycles. The minimum Gasteiger partial charge on any atom is -0.394 e. The second-order valence-corrected chi connectivity index (χ2v) is 3.97. The third-order valence-electron chi connectivity index (χ3n) is 3.07. The van der Waals surface area contributed by atoms with Crippen LogP contribution in [0.5, 0.6) is 0 Å². The molecule has 16 heavy (non-hydrogen) atoms. The van der Waals surface area contributed by atoms with Crippen LogP contribution in [0.25, 0.3) is 11.3 Å². The number of nitrogens with zero attached hydrogens (tertiary/aromatic N) is 2. The van der Waals surface area contributed by atoms with E-state index in [9.17, 15) is 5.11 Å². The molecule has 0 fully saturated rings. The van der Waals surface area contributed by atoms with E-state index in [1.807, 2.05) is 28.8 Å². The summed E-state index contributed by atoms with van der Waals surface area (Å²) in [5.74, 6) is 0. The first-order chi connectivity index (χ1) is 7.83. The lowest BCUT2D eigenvalue weighted by Crippen LogP contribution is -2.25. The summed E-state index contributed by atoms with van der Waals surface area (Å²) in [6.45, 7) is -0.253. The third-order valence-corrected chi connectivity index (χ3v) is 3.07. The zero-order chi connectivity index (χ0) is 11.1. The maximum Gasteiger partial charge on any atom is 0.102 e. The summed E-state index contributed by atoms with van der Waals surface area (Å²) in [4.78, 5) is 4.08. The van der Waals surface area contributed by atoms with Gasteiger partial charge in [-0.2, -0.15) is 0 Å². The largest absolute Gasteiger partial charge is 0.394 e. The Bertz CT molecular complexity index is 521. The molecule has 2 N–H and O–H groups in total. The van der Waals surface area contributed by atoms with Gasteiger partial charge in [-0.15, -0.1) is 0 Å². The first-order valence-corrected chi connectivity index (χ1v) is 5.23. The lowest BCUT2D eigenvalue weighted by Gasteiger charge is -2.19. The van der Waals surface area contributed by atoms with Crippen LogP contribution in [-0.2, 0) is 0 Å². The van der Waals surface area contributed by atoms with Crippen molar-refractivity contribution in [2.45, 2.75) is 12.1 Å². The Kier molecular flexibility index (Phi) is 2.05. The molecule has 1 aromatic carbocycles.